The van der Waals surface area contributed by atoms with Crippen LogP contribution in [0.2, 0.25) is 0 Å². The van der Waals surface area contributed by atoms with Crippen LogP contribution in [0, 0.1) is 0 Å². The number of fused-ring (bicyclic) bond motifs is 1. The maximum Gasteiger partial charge on any atom is 0.253 e. The van der Waals surface area contributed by atoms with E-state index >= 15 is 0 Å². The summed E-state index contributed by atoms with van der Waals surface area (Å²) >= 11 is 0. The first-order valence-corrected chi connectivity index (χ1v) is 6.65. The van der Waals surface area contributed by atoms with Gasteiger partial charge in [0.1, 0.15) is 0 Å². The van der Waals surface area contributed by atoms with E-state index in [4.69, 9.17) is 0 Å². The summed E-state index contributed by atoms with van der Waals surface area (Å²) in [5.41, 5.74) is 2.52. The molecule has 0 aromatic carbocycles. The number of rotatable bonds is 2. The Morgan fingerprint density at radius 2 is 2.35 bits per heavy atom. The predicted molar refractivity (Wildman–Crippen MR) is 73.4 cm³/mol. The number of aromatic nitrogens is 3. The molecule has 104 valence electrons. The summed E-state index contributed by atoms with van der Waals surface area (Å²) in [4.78, 5) is 25.7. The zero-order valence-corrected chi connectivity index (χ0v) is 11.2. The van der Waals surface area contributed by atoms with Crippen molar-refractivity contribution in [2.24, 2.45) is 7.05 Å². The molecule has 2 aromatic heterocycles. The van der Waals surface area contributed by atoms with Crippen molar-refractivity contribution >= 4 is 5.91 Å². The van der Waals surface area contributed by atoms with Crippen LogP contribution in [-0.4, -0.2) is 20.7 Å². The molecule has 1 atom stereocenters. The highest BCUT2D eigenvalue weighted by Crippen LogP contribution is 2.29. The second-order valence-corrected chi connectivity index (χ2v) is 5.03. The summed E-state index contributed by atoms with van der Waals surface area (Å²) in [5, 5.41) is 7.27. The van der Waals surface area contributed by atoms with Gasteiger partial charge in [0.05, 0.1) is 17.8 Å². The highest BCUT2D eigenvalue weighted by Gasteiger charge is 2.25. The Kier molecular flexibility index (Phi) is 3.14. The first kappa shape index (κ1) is 12.7. The Labute approximate surface area is 115 Å². The van der Waals surface area contributed by atoms with Crippen molar-refractivity contribution in [1.82, 2.24) is 20.1 Å². The van der Waals surface area contributed by atoms with E-state index in [-0.39, 0.29) is 17.5 Å². The van der Waals surface area contributed by atoms with Crippen LogP contribution in [0.4, 0.5) is 0 Å². The molecule has 0 saturated heterocycles. The van der Waals surface area contributed by atoms with Crippen LogP contribution in [-0.2, 0) is 13.5 Å². The van der Waals surface area contributed by atoms with Gasteiger partial charge in [-0.05, 0) is 25.3 Å². The lowest BCUT2D eigenvalue weighted by Gasteiger charge is -2.23. The van der Waals surface area contributed by atoms with Crippen LogP contribution in [0.25, 0.3) is 0 Å². The van der Waals surface area contributed by atoms with E-state index in [0.717, 1.165) is 24.8 Å². The van der Waals surface area contributed by atoms with Gasteiger partial charge in [-0.15, -0.1) is 0 Å². The second-order valence-electron chi connectivity index (χ2n) is 5.03. The Balaban J connectivity index is 1.80. The molecule has 3 rings (SSSR count). The van der Waals surface area contributed by atoms with Crippen LogP contribution in [0.1, 0.15) is 40.5 Å². The molecule has 2 N–H and O–H groups in total. The molecule has 2 aromatic rings. The lowest BCUT2D eigenvalue weighted by atomic mass is 9.93. The van der Waals surface area contributed by atoms with Crippen LogP contribution in [0.15, 0.2) is 29.3 Å². The zero-order valence-electron chi connectivity index (χ0n) is 11.2. The van der Waals surface area contributed by atoms with E-state index < -0.39 is 0 Å². The average molecular weight is 272 g/mol. The minimum atomic E-state index is -0.214. The van der Waals surface area contributed by atoms with Gasteiger partial charge in [-0.25, -0.2) is 0 Å². The highest BCUT2D eigenvalue weighted by molar-refractivity contribution is 5.94. The first-order chi connectivity index (χ1) is 9.65. The third-order valence-corrected chi connectivity index (χ3v) is 3.73. The number of nitrogens with one attached hydrogen (secondary N) is 2. The lowest BCUT2D eigenvalue weighted by molar-refractivity contribution is 0.0932. The van der Waals surface area contributed by atoms with Crippen molar-refractivity contribution in [1.29, 1.82) is 0 Å². The smallest absolute Gasteiger partial charge is 0.253 e. The fourth-order valence-corrected chi connectivity index (χ4v) is 2.65. The van der Waals surface area contributed by atoms with E-state index in [1.54, 1.807) is 0 Å². The van der Waals surface area contributed by atoms with Crippen LogP contribution in [0.3, 0.4) is 0 Å². The number of hydrogen-bond donors (Lipinski definition) is 2. The van der Waals surface area contributed by atoms with E-state index in [1.165, 1.54) is 24.0 Å². The van der Waals surface area contributed by atoms with Gasteiger partial charge in [0.15, 0.2) is 0 Å². The maximum atomic E-state index is 12.2. The van der Waals surface area contributed by atoms with Gasteiger partial charge >= 0.3 is 0 Å². The number of amides is 1. The molecule has 0 aliphatic heterocycles. The molecule has 1 aliphatic rings. The lowest BCUT2D eigenvalue weighted by Crippen LogP contribution is -2.31. The van der Waals surface area contributed by atoms with E-state index in [0.29, 0.717) is 5.56 Å². The monoisotopic (exact) mass is 272 g/mol. The molecule has 1 unspecified atom stereocenters. The molecular weight excluding hydrogens is 256 g/mol. The predicted octanol–water partition coefficient (Wildman–Crippen LogP) is 0.916. The van der Waals surface area contributed by atoms with E-state index in [1.807, 2.05) is 17.9 Å². The Hall–Kier alpha value is -2.37. The fourth-order valence-electron chi connectivity index (χ4n) is 2.65. The third kappa shape index (κ3) is 2.24. The normalized spacial score (nSPS) is 17.6. The topological polar surface area (TPSA) is 79.8 Å². The Morgan fingerprint density at radius 3 is 3.10 bits per heavy atom. The van der Waals surface area contributed by atoms with Gasteiger partial charge in [0.2, 0.25) is 5.56 Å². The molecule has 1 amide bonds. The van der Waals surface area contributed by atoms with Gasteiger partial charge in [0.25, 0.3) is 5.91 Å². The van der Waals surface area contributed by atoms with Crippen molar-refractivity contribution < 1.29 is 4.79 Å². The summed E-state index contributed by atoms with van der Waals surface area (Å²) in [6.07, 6.45) is 6.20. The van der Waals surface area contributed by atoms with Gasteiger partial charge in [-0.1, -0.05) is 0 Å². The van der Waals surface area contributed by atoms with Crippen molar-refractivity contribution in [2.45, 2.75) is 25.3 Å². The average Bonchev–Trinajstić information content (AvgIpc) is 2.82. The number of aryl methyl sites for hydroxylation is 1. The molecule has 0 saturated carbocycles. The number of pyridine rings is 1. The largest absolute Gasteiger partial charge is 0.345 e. The number of carbonyl (C=O) groups excluding carboxylic acids is 1. The van der Waals surface area contributed by atoms with Crippen molar-refractivity contribution in [3.8, 4) is 0 Å². The van der Waals surface area contributed by atoms with Gasteiger partial charge in [-0.3, -0.25) is 14.3 Å². The van der Waals surface area contributed by atoms with Crippen molar-refractivity contribution in [3.05, 3.63) is 51.7 Å². The summed E-state index contributed by atoms with van der Waals surface area (Å²) in [6, 6.07) is 2.87. The van der Waals surface area contributed by atoms with Crippen molar-refractivity contribution in [3.63, 3.8) is 0 Å². The summed E-state index contributed by atoms with van der Waals surface area (Å²) in [7, 11) is 1.92. The number of carbonyl (C=O) groups is 1. The van der Waals surface area contributed by atoms with E-state index in [9.17, 15) is 9.59 Å². The van der Waals surface area contributed by atoms with Gasteiger partial charge in [0, 0.05) is 30.6 Å². The van der Waals surface area contributed by atoms with Crippen molar-refractivity contribution in [2.75, 3.05) is 0 Å². The Bertz CT molecular complexity index is 681. The second kappa shape index (κ2) is 4.96. The van der Waals surface area contributed by atoms with Crippen LogP contribution in [0.5, 0.6) is 0 Å². The van der Waals surface area contributed by atoms with Gasteiger partial charge < -0.3 is 10.3 Å². The molecule has 20 heavy (non-hydrogen) atoms. The molecule has 0 radical (unpaired) electrons. The molecule has 6 nitrogen and oxygen atoms in total. The number of aromatic amines is 1. The SMILES string of the molecule is Cn1ncc2c1CCCC2NC(=O)c1ccc(=O)[nH]c1. The standard InChI is InChI=1S/C14H16N4O2/c1-18-12-4-2-3-11(10(12)8-16-18)17-14(20)9-5-6-13(19)15-7-9/h5-8,11H,2-4H2,1H3,(H,15,19)(H,17,20). The first-order valence-electron chi connectivity index (χ1n) is 6.65. The number of hydrogen-bond acceptors (Lipinski definition) is 3. The summed E-state index contributed by atoms with van der Waals surface area (Å²) in [5.74, 6) is -0.178. The number of H-pyrrole nitrogens is 1. The molecule has 6 heteroatoms. The third-order valence-electron chi connectivity index (χ3n) is 3.73. The summed E-state index contributed by atoms with van der Waals surface area (Å²) in [6.45, 7) is 0. The molecule has 0 fully saturated rings. The van der Waals surface area contributed by atoms with Crippen LogP contribution >= 0.6 is 0 Å². The summed E-state index contributed by atoms with van der Waals surface area (Å²) < 4.78 is 1.87. The van der Waals surface area contributed by atoms with Gasteiger partial charge in [-0.2, -0.15) is 5.10 Å². The zero-order chi connectivity index (χ0) is 14.1. The highest BCUT2D eigenvalue weighted by atomic mass is 16.2. The molecular formula is C14H16N4O2. The maximum absolute atomic E-state index is 12.2. The number of nitrogens with zero attached hydrogens (tertiary/aromatic N) is 2. The Morgan fingerprint density at radius 1 is 1.50 bits per heavy atom. The quantitative estimate of drug-likeness (QED) is 0.853. The molecule has 0 spiro atoms. The molecule has 1 aliphatic carbocycles. The molecule has 2 heterocycles. The molecule has 0 bridgehead atoms. The minimum Gasteiger partial charge on any atom is -0.345 e. The van der Waals surface area contributed by atoms with E-state index in [2.05, 4.69) is 15.4 Å². The van der Waals surface area contributed by atoms with Crippen LogP contribution < -0.4 is 10.9 Å². The fraction of sp³-hybridized carbons (Fsp3) is 0.357. The minimum absolute atomic E-state index is 0.00752.